The van der Waals surface area contributed by atoms with Crippen molar-refractivity contribution in [1.82, 2.24) is 0 Å². The average molecular weight is 575 g/mol. The van der Waals surface area contributed by atoms with Crippen LogP contribution in [0.15, 0.2) is 43.0 Å². The highest BCUT2D eigenvalue weighted by Crippen LogP contribution is 2.07. The third-order valence-corrected chi connectivity index (χ3v) is 4.82. The molecule has 0 aliphatic heterocycles. The molecule has 40 heavy (non-hydrogen) atoms. The van der Waals surface area contributed by atoms with Crippen LogP contribution >= 0.6 is 0 Å². The van der Waals surface area contributed by atoms with E-state index in [9.17, 15) is 0 Å². The molecule has 0 saturated carbocycles. The fourth-order valence-corrected chi connectivity index (χ4v) is 2.88. The van der Waals surface area contributed by atoms with Crippen LogP contribution in [0.1, 0.15) is 0 Å². The molecule has 1 aromatic carbocycles. The Balaban J connectivity index is 1.62. The van der Waals surface area contributed by atoms with Crippen molar-refractivity contribution in [3.8, 4) is 5.75 Å². The maximum atomic E-state index is 5.55. The number of benzene rings is 1. The molecule has 0 bridgehead atoms. The van der Waals surface area contributed by atoms with Gasteiger partial charge in [0, 0.05) is 0 Å². The van der Waals surface area contributed by atoms with Crippen molar-refractivity contribution in [2.75, 3.05) is 139 Å². The van der Waals surface area contributed by atoms with Gasteiger partial charge < -0.3 is 52.1 Å². The Labute approximate surface area is 239 Å². The molecule has 1 rings (SSSR count). The molecule has 0 heterocycles. The molecule has 0 atom stereocenters. The highest BCUT2D eigenvalue weighted by molar-refractivity contribution is 5.20. The van der Waals surface area contributed by atoms with Crippen LogP contribution in [0.5, 0.6) is 5.75 Å². The van der Waals surface area contributed by atoms with E-state index in [1.165, 1.54) is 0 Å². The summed E-state index contributed by atoms with van der Waals surface area (Å²) >= 11 is 0. The first kappa shape index (κ1) is 36.4. The molecule has 1 aromatic rings. The molecule has 232 valence electrons. The minimum Gasteiger partial charge on any atom is -0.491 e. The van der Waals surface area contributed by atoms with Crippen molar-refractivity contribution in [1.29, 1.82) is 0 Å². The lowest BCUT2D eigenvalue weighted by molar-refractivity contribution is -0.0264. The van der Waals surface area contributed by atoms with Crippen molar-refractivity contribution in [2.45, 2.75) is 0 Å². The average Bonchev–Trinajstić information content (AvgIpc) is 2.98. The van der Waals surface area contributed by atoms with Gasteiger partial charge in [0.05, 0.1) is 132 Å². The number of hydrogen-bond acceptors (Lipinski definition) is 11. The predicted molar refractivity (Wildman–Crippen MR) is 150 cm³/mol. The SMILES string of the molecule is C=CCOCCOCCOCCOCCOCCOCCOCCOCCOCCOCCOc1ccccc1. The van der Waals surface area contributed by atoms with Gasteiger partial charge in [0.15, 0.2) is 0 Å². The zero-order valence-electron chi connectivity index (χ0n) is 24.0. The van der Waals surface area contributed by atoms with Crippen LogP contribution in [0.3, 0.4) is 0 Å². The van der Waals surface area contributed by atoms with Gasteiger partial charge in [-0.05, 0) is 12.1 Å². The van der Waals surface area contributed by atoms with E-state index in [0.717, 1.165) is 5.75 Å². The molecule has 0 aliphatic carbocycles. The highest BCUT2D eigenvalue weighted by Gasteiger charge is 1.96. The maximum Gasteiger partial charge on any atom is 0.119 e. The molecule has 11 nitrogen and oxygen atoms in total. The highest BCUT2D eigenvalue weighted by atomic mass is 16.6. The van der Waals surface area contributed by atoms with Crippen molar-refractivity contribution < 1.29 is 52.1 Å². The largest absolute Gasteiger partial charge is 0.491 e. The monoisotopic (exact) mass is 574 g/mol. The van der Waals surface area contributed by atoms with Gasteiger partial charge in [-0.1, -0.05) is 24.3 Å². The zero-order valence-corrected chi connectivity index (χ0v) is 24.0. The summed E-state index contributed by atoms with van der Waals surface area (Å²) in [4.78, 5) is 0. The van der Waals surface area contributed by atoms with Gasteiger partial charge in [0.2, 0.25) is 0 Å². The molecule has 0 radical (unpaired) electrons. The van der Waals surface area contributed by atoms with Gasteiger partial charge in [-0.3, -0.25) is 0 Å². The van der Waals surface area contributed by atoms with E-state index in [2.05, 4.69) is 6.58 Å². The molecular formula is C29H50O11. The van der Waals surface area contributed by atoms with E-state index in [1.54, 1.807) is 6.08 Å². The van der Waals surface area contributed by atoms with Crippen molar-refractivity contribution >= 4 is 0 Å². The molecule has 0 amide bonds. The van der Waals surface area contributed by atoms with Crippen LogP contribution in [0.4, 0.5) is 0 Å². The maximum absolute atomic E-state index is 5.55. The fraction of sp³-hybridized carbons (Fsp3) is 0.724. The van der Waals surface area contributed by atoms with E-state index in [1.807, 2.05) is 30.3 Å². The summed E-state index contributed by atoms with van der Waals surface area (Å²) in [5, 5.41) is 0. The molecule has 0 aliphatic rings. The van der Waals surface area contributed by atoms with Crippen molar-refractivity contribution in [3.63, 3.8) is 0 Å². The second kappa shape index (κ2) is 31.9. The summed E-state index contributed by atoms with van der Waals surface area (Å²) in [6, 6.07) is 9.67. The van der Waals surface area contributed by atoms with Crippen LogP contribution in [0.25, 0.3) is 0 Å². The van der Waals surface area contributed by atoms with E-state index >= 15 is 0 Å². The number of para-hydroxylation sites is 1. The topological polar surface area (TPSA) is 102 Å². The summed E-state index contributed by atoms with van der Waals surface area (Å²) in [5.74, 6) is 0.845. The van der Waals surface area contributed by atoms with Gasteiger partial charge >= 0.3 is 0 Å². The van der Waals surface area contributed by atoms with Crippen molar-refractivity contribution in [2.24, 2.45) is 0 Å². The van der Waals surface area contributed by atoms with E-state index in [4.69, 9.17) is 52.1 Å². The first-order valence-corrected chi connectivity index (χ1v) is 14.0. The lowest BCUT2D eigenvalue weighted by Gasteiger charge is -2.09. The van der Waals surface area contributed by atoms with Gasteiger partial charge in [0.25, 0.3) is 0 Å². The quantitative estimate of drug-likeness (QED) is 0.0914. The summed E-state index contributed by atoms with van der Waals surface area (Å²) in [7, 11) is 0. The molecule has 0 unspecified atom stereocenters. The Morgan fingerprint density at radius 1 is 0.375 bits per heavy atom. The van der Waals surface area contributed by atoms with Crippen LogP contribution in [0, 0.1) is 0 Å². The lowest BCUT2D eigenvalue weighted by atomic mass is 10.3. The molecule has 0 spiro atoms. The predicted octanol–water partition coefficient (Wildman–Crippen LogP) is 2.42. The Kier molecular flexibility index (Phi) is 29.0. The Morgan fingerprint density at radius 3 is 0.950 bits per heavy atom. The molecule has 0 saturated heterocycles. The number of hydrogen-bond donors (Lipinski definition) is 0. The second-order valence-electron chi connectivity index (χ2n) is 8.04. The van der Waals surface area contributed by atoms with E-state index in [-0.39, 0.29) is 0 Å². The minimum absolute atomic E-state index is 0.516. The minimum atomic E-state index is 0.516. The Bertz CT molecular complexity index is 621. The zero-order chi connectivity index (χ0) is 28.4. The van der Waals surface area contributed by atoms with E-state index in [0.29, 0.717) is 139 Å². The first-order valence-electron chi connectivity index (χ1n) is 14.0. The van der Waals surface area contributed by atoms with Crippen LogP contribution in [-0.4, -0.2) is 139 Å². The number of ether oxygens (including phenoxy) is 11. The molecular weight excluding hydrogens is 524 g/mol. The summed E-state index contributed by atoms with van der Waals surface area (Å²) < 4.78 is 59.8. The fourth-order valence-electron chi connectivity index (χ4n) is 2.88. The Hall–Kier alpha value is -1.64. The van der Waals surface area contributed by atoms with Crippen molar-refractivity contribution in [3.05, 3.63) is 43.0 Å². The Morgan fingerprint density at radius 2 is 0.650 bits per heavy atom. The summed E-state index contributed by atoms with van der Waals surface area (Å²) in [6.45, 7) is 14.7. The number of rotatable bonds is 33. The van der Waals surface area contributed by atoms with Gasteiger partial charge in [-0.25, -0.2) is 0 Å². The van der Waals surface area contributed by atoms with Crippen LogP contribution in [-0.2, 0) is 47.4 Å². The van der Waals surface area contributed by atoms with E-state index < -0.39 is 0 Å². The van der Waals surface area contributed by atoms with Crippen LogP contribution in [0.2, 0.25) is 0 Å². The summed E-state index contributed by atoms with van der Waals surface area (Å²) in [6.07, 6.45) is 1.71. The van der Waals surface area contributed by atoms with Gasteiger partial charge in [-0.2, -0.15) is 0 Å². The first-order chi connectivity index (χ1) is 19.9. The standard InChI is InChI=1S/C29H50O11/c1-2-8-30-9-10-31-11-12-32-13-14-33-15-16-34-17-18-35-19-20-36-21-22-37-23-24-38-25-26-39-27-28-40-29-6-4-3-5-7-29/h2-7H,1,8-28H2. The molecule has 0 aromatic heterocycles. The smallest absolute Gasteiger partial charge is 0.119 e. The second-order valence-corrected chi connectivity index (χ2v) is 8.04. The molecule has 0 N–H and O–H groups in total. The third kappa shape index (κ3) is 27.9. The lowest BCUT2D eigenvalue weighted by Crippen LogP contribution is -2.15. The van der Waals surface area contributed by atoms with Crippen LogP contribution < -0.4 is 4.74 Å². The third-order valence-electron chi connectivity index (χ3n) is 4.82. The van der Waals surface area contributed by atoms with Gasteiger partial charge in [-0.15, -0.1) is 6.58 Å². The summed E-state index contributed by atoms with van der Waals surface area (Å²) in [5.41, 5.74) is 0. The molecule has 11 heteroatoms. The molecule has 0 fully saturated rings. The normalized spacial score (nSPS) is 11.2. The van der Waals surface area contributed by atoms with Gasteiger partial charge in [0.1, 0.15) is 12.4 Å².